The summed E-state index contributed by atoms with van der Waals surface area (Å²) in [6.07, 6.45) is -2.71. The molecule has 0 aliphatic heterocycles. The highest BCUT2D eigenvalue weighted by Crippen LogP contribution is 2.30. The van der Waals surface area contributed by atoms with Crippen LogP contribution in [-0.2, 0) is 12.8 Å². The lowest BCUT2D eigenvalue weighted by Crippen LogP contribution is -2.05. The molecule has 5 nitrogen and oxygen atoms in total. The number of rotatable bonds is 3. The fourth-order valence-corrected chi connectivity index (χ4v) is 1.94. The second-order valence-electron chi connectivity index (χ2n) is 4.62. The van der Waals surface area contributed by atoms with Gasteiger partial charge in [0.15, 0.2) is 11.5 Å². The first-order valence-electron chi connectivity index (χ1n) is 6.33. The second-order valence-corrected chi connectivity index (χ2v) is 4.62. The van der Waals surface area contributed by atoms with Crippen LogP contribution in [0.1, 0.15) is 11.4 Å². The van der Waals surface area contributed by atoms with Gasteiger partial charge in [-0.3, -0.25) is 4.40 Å². The van der Waals surface area contributed by atoms with Crippen molar-refractivity contribution in [1.29, 1.82) is 0 Å². The molecule has 22 heavy (non-hydrogen) atoms. The van der Waals surface area contributed by atoms with Crippen molar-refractivity contribution in [2.24, 2.45) is 0 Å². The van der Waals surface area contributed by atoms with E-state index in [-0.39, 0.29) is 6.61 Å². The molecule has 0 unspecified atom stereocenters. The molecule has 114 valence electrons. The summed E-state index contributed by atoms with van der Waals surface area (Å²) in [6, 6.07) is 7.87. The Morgan fingerprint density at radius 2 is 1.77 bits per heavy atom. The van der Waals surface area contributed by atoms with Gasteiger partial charge >= 0.3 is 6.18 Å². The first-order chi connectivity index (χ1) is 10.4. The molecular weight excluding hydrogens is 297 g/mol. The predicted molar refractivity (Wildman–Crippen MR) is 73.2 cm³/mol. The van der Waals surface area contributed by atoms with Crippen LogP contribution in [0.3, 0.4) is 0 Å². The Bertz CT molecular complexity index is 796. The number of fused-ring (bicyclic) bond motifs is 1. The third-order valence-corrected chi connectivity index (χ3v) is 3.05. The van der Waals surface area contributed by atoms with Crippen molar-refractivity contribution >= 4 is 11.3 Å². The Labute approximate surface area is 123 Å². The van der Waals surface area contributed by atoms with Gasteiger partial charge in [0, 0.05) is 11.9 Å². The number of hydrogen-bond acceptors (Lipinski definition) is 4. The summed E-state index contributed by atoms with van der Waals surface area (Å²) >= 11 is 0. The topological polar surface area (TPSA) is 65.4 Å². The van der Waals surface area contributed by atoms with Crippen LogP contribution < -0.4 is 10.5 Å². The molecule has 2 aromatic heterocycles. The third kappa shape index (κ3) is 2.80. The minimum absolute atomic E-state index is 0.0655. The summed E-state index contributed by atoms with van der Waals surface area (Å²) in [7, 11) is 0. The Morgan fingerprint density at radius 1 is 1.05 bits per heavy atom. The van der Waals surface area contributed by atoms with Crippen molar-refractivity contribution in [2.45, 2.75) is 12.8 Å². The highest BCUT2D eigenvalue weighted by Gasteiger charge is 2.30. The minimum atomic E-state index is -4.36. The third-order valence-electron chi connectivity index (χ3n) is 3.05. The number of hydrogen-bond donors (Lipinski definition) is 1. The zero-order valence-corrected chi connectivity index (χ0v) is 11.2. The zero-order chi connectivity index (χ0) is 15.7. The molecule has 0 radical (unpaired) electrons. The predicted octanol–water partition coefficient (Wildman–Crippen LogP) is 2.91. The summed E-state index contributed by atoms with van der Waals surface area (Å²) < 4.78 is 44.5. The fourth-order valence-electron chi connectivity index (χ4n) is 1.94. The van der Waals surface area contributed by atoms with Gasteiger partial charge in [0.25, 0.3) is 0 Å². The van der Waals surface area contributed by atoms with Crippen molar-refractivity contribution in [3.63, 3.8) is 0 Å². The molecule has 0 atom stereocenters. The maximum Gasteiger partial charge on any atom is 0.416 e. The van der Waals surface area contributed by atoms with Gasteiger partial charge in [0.2, 0.25) is 0 Å². The molecule has 1 aromatic carbocycles. The van der Waals surface area contributed by atoms with Crippen molar-refractivity contribution in [3.8, 4) is 5.75 Å². The van der Waals surface area contributed by atoms with Crippen molar-refractivity contribution in [1.82, 2.24) is 14.6 Å². The quantitative estimate of drug-likeness (QED) is 0.808. The first-order valence-corrected chi connectivity index (χ1v) is 6.33. The molecule has 8 heteroatoms. The first kappa shape index (κ1) is 14.2. The normalized spacial score (nSPS) is 11.8. The van der Waals surface area contributed by atoms with Gasteiger partial charge in [-0.05, 0) is 36.4 Å². The van der Waals surface area contributed by atoms with Crippen LogP contribution >= 0.6 is 0 Å². The molecule has 0 spiro atoms. The molecule has 3 aromatic rings. The zero-order valence-electron chi connectivity index (χ0n) is 11.2. The Hall–Kier alpha value is -2.77. The van der Waals surface area contributed by atoms with E-state index < -0.39 is 11.7 Å². The molecule has 0 bridgehead atoms. The molecular formula is C14H11F3N4O. The molecule has 2 heterocycles. The number of nitrogens with two attached hydrogens (primary N) is 1. The number of aromatic nitrogens is 3. The van der Waals surface area contributed by atoms with E-state index in [0.29, 0.717) is 22.9 Å². The highest BCUT2D eigenvalue weighted by atomic mass is 19.4. The van der Waals surface area contributed by atoms with E-state index in [0.717, 1.165) is 12.1 Å². The van der Waals surface area contributed by atoms with E-state index in [1.54, 1.807) is 22.7 Å². The highest BCUT2D eigenvalue weighted by molar-refractivity contribution is 5.47. The van der Waals surface area contributed by atoms with Crippen molar-refractivity contribution in [3.05, 3.63) is 54.0 Å². The van der Waals surface area contributed by atoms with E-state index in [9.17, 15) is 13.2 Å². The number of nitrogens with zero attached hydrogens (tertiary/aromatic N) is 3. The Kier molecular flexibility index (Phi) is 3.36. The van der Waals surface area contributed by atoms with Gasteiger partial charge in [-0.15, -0.1) is 10.2 Å². The summed E-state index contributed by atoms with van der Waals surface area (Å²) in [5.74, 6) is 0.816. The molecule has 0 fully saturated rings. The Morgan fingerprint density at radius 3 is 2.45 bits per heavy atom. The van der Waals surface area contributed by atoms with Gasteiger partial charge in [0.1, 0.15) is 12.4 Å². The maximum absolute atomic E-state index is 12.5. The van der Waals surface area contributed by atoms with E-state index in [1.807, 2.05) is 0 Å². The standard InChI is InChI=1S/C14H11F3N4O/c15-14(16,17)9-1-4-11(5-2-9)22-8-13-20-19-12-6-3-10(18)7-21(12)13/h1-7H,8,18H2. The summed E-state index contributed by atoms with van der Waals surface area (Å²) in [4.78, 5) is 0. The number of pyridine rings is 1. The smallest absolute Gasteiger partial charge is 0.416 e. The van der Waals surface area contributed by atoms with Gasteiger partial charge in [-0.2, -0.15) is 13.2 Å². The van der Waals surface area contributed by atoms with Crippen molar-refractivity contribution < 1.29 is 17.9 Å². The van der Waals surface area contributed by atoms with E-state index >= 15 is 0 Å². The lowest BCUT2D eigenvalue weighted by atomic mass is 10.2. The second kappa shape index (κ2) is 5.21. The summed E-state index contributed by atoms with van der Waals surface area (Å²) in [6.45, 7) is 0.0655. The number of nitrogen functional groups attached to an aromatic ring is 1. The van der Waals surface area contributed by atoms with Crippen LogP contribution in [0.25, 0.3) is 5.65 Å². The minimum Gasteiger partial charge on any atom is -0.486 e. The van der Waals surface area contributed by atoms with Crippen LogP contribution in [0.5, 0.6) is 5.75 Å². The van der Waals surface area contributed by atoms with E-state index in [2.05, 4.69) is 10.2 Å². The number of anilines is 1. The van der Waals surface area contributed by atoms with Crippen LogP contribution in [0.4, 0.5) is 18.9 Å². The molecule has 0 aliphatic rings. The average Bonchev–Trinajstić information content (AvgIpc) is 2.87. The molecule has 0 aliphatic carbocycles. The molecule has 0 saturated heterocycles. The van der Waals surface area contributed by atoms with Crippen LogP contribution in [0.15, 0.2) is 42.6 Å². The average molecular weight is 308 g/mol. The number of halogens is 3. The van der Waals surface area contributed by atoms with Crippen LogP contribution in [0.2, 0.25) is 0 Å². The lowest BCUT2D eigenvalue weighted by Gasteiger charge is -2.08. The van der Waals surface area contributed by atoms with Crippen LogP contribution in [-0.4, -0.2) is 14.6 Å². The molecule has 3 rings (SSSR count). The SMILES string of the molecule is Nc1ccc2nnc(COc3ccc(C(F)(F)F)cc3)n2c1. The van der Waals surface area contributed by atoms with Crippen molar-refractivity contribution in [2.75, 3.05) is 5.73 Å². The Balaban J connectivity index is 1.75. The monoisotopic (exact) mass is 308 g/mol. The van der Waals surface area contributed by atoms with E-state index in [4.69, 9.17) is 10.5 Å². The fraction of sp³-hybridized carbons (Fsp3) is 0.143. The summed E-state index contributed by atoms with van der Waals surface area (Å²) in [5, 5.41) is 7.91. The number of alkyl halides is 3. The molecule has 0 amide bonds. The maximum atomic E-state index is 12.5. The molecule has 0 saturated carbocycles. The van der Waals surface area contributed by atoms with Crippen LogP contribution in [0, 0.1) is 0 Å². The van der Waals surface area contributed by atoms with Gasteiger partial charge < -0.3 is 10.5 Å². The van der Waals surface area contributed by atoms with Gasteiger partial charge in [0.05, 0.1) is 5.56 Å². The summed E-state index contributed by atoms with van der Waals surface area (Å²) in [5.41, 5.74) is 6.13. The lowest BCUT2D eigenvalue weighted by molar-refractivity contribution is -0.137. The van der Waals surface area contributed by atoms with Gasteiger partial charge in [-0.1, -0.05) is 0 Å². The van der Waals surface area contributed by atoms with Gasteiger partial charge in [-0.25, -0.2) is 0 Å². The number of ether oxygens (including phenoxy) is 1. The largest absolute Gasteiger partial charge is 0.486 e. The molecule has 2 N–H and O–H groups in total. The number of benzene rings is 1. The van der Waals surface area contributed by atoms with E-state index in [1.165, 1.54) is 12.1 Å².